The number of methoxy groups -OCH3 is 1. The fourth-order valence-corrected chi connectivity index (χ4v) is 3.46. The van der Waals surface area contributed by atoms with Gasteiger partial charge < -0.3 is 19.9 Å². The molecule has 0 atom stereocenters. The quantitative estimate of drug-likeness (QED) is 0.350. The molecular weight excluding hydrogens is 398 g/mol. The van der Waals surface area contributed by atoms with Gasteiger partial charge in [-0.1, -0.05) is 67.1 Å². The minimum absolute atomic E-state index is 0.0841. The summed E-state index contributed by atoms with van der Waals surface area (Å²) in [5.41, 5.74) is 3.54. The highest BCUT2D eigenvalue weighted by atomic mass is 35.5. The average Bonchev–Trinajstić information content (AvgIpc) is 2.79. The van der Waals surface area contributed by atoms with Gasteiger partial charge in [-0.15, -0.1) is 0 Å². The number of phenols is 1. The Morgan fingerprint density at radius 1 is 0.933 bits per heavy atom. The van der Waals surface area contributed by atoms with Crippen molar-refractivity contribution >= 4 is 22.2 Å². The van der Waals surface area contributed by atoms with E-state index in [9.17, 15) is 5.11 Å². The van der Waals surface area contributed by atoms with Crippen molar-refractivity contribution in [3.8, 4) is 17.2 Å². The maximum atomic E-state index is 10.0. The molecule has 0 fully saturated rings. The summed E-state index contributed by atoms with van der Waals surface area (Å²) in [4.78, 5) is 0. The van der Waals surface area contributed by atoms with E-state index in [1.54, 1.807) is 12.1 Å². The van der Waals surface area contributed by atoms with E-state index in [2.05, 4.69) is 12.2 Å². The van der Waals surface area contributed by atoms with Crippen molar-refractivity contribution in [1.82, 2.24) is 5.32 Å². The van der Waals surface area contributed by atoms with Crippen LogP contribution < -0.4 is 14.8 Å². The molecule has 0 radical (unpaired) electrons. The Labute approximate surface area is 182 Å². The summed E-state index contributed by atoms with van der Waals surface area (Å²) in [6, 6.07) is 22.9. The van der Waals surface area contributed by atoms with E-state index >= 15 is 0 Å². The molecule has 0 spiro atoms. The Morgan fingerprint density at radius 2 is 1.63 bits per heavy atom. The zero-order valence-corrected chi connectivity index (χ0v) is 17.9. The van der Waals surface area contributed by atoms with E-state index in [0.717, 1.165) is 41.1 Å². The number of hydrogen-bond donors (Lipinski definition) is 2. The van der Waals surface area contributed by atoms with Gasteiger partial charge in [-0.25, -0.2) is 0 Å². The Bertz CT molecular complexity index is 985. The van der Waals surface area contributed by atoms with Crippen LogP contribution in [0.25, 0.3) is 10.6 Å². The average molecular weight is 424 g/mol. The molecule has 0 aliphatic carbocycles. The fraction of sp³-hybridized carbons (Fsp3) is 0.200. The topological polar surface area (TPSA) is 50.7 Å². The molecule has 0 amide bonds. The molecule has 3 aromatic carbocycles. The van der Waals surface area contributed by atoms with Crippen molar-refractivity contribution < 1.29 is 14.6 Å². The lowest BCUT2D eigenvalue weighted by Crippen LogP contribution is -2.20. The highest BCUT2D eigenvalue weighted by molar-refractivity contribution is 6.53. The Morgan fingerprint density at radius 3 is 2.30 bits per heavy atom. The lowest BCUT2D eigenvalue weighted by molar-refractivity contribution is 0.315. The predicted molar refractivity (Wildman–Crippen MR) is 123 cm³/mol. The monoisotopic (exact) mass is 423 g/mol. The number of rotatable bonds is 9. The first kappa shape index (κ1) is 21.8. The van der Waals surface area contributed by atoms with Crippen LogP contribution in [0.5, 0.6) is 17.2 Å². The first-order valence-electron chi connectivity index (χ1n) is 9.90. The van der Waals surface area contributed by atoms with Crippen molar-refractivity contribution in [2.45, 2.75) is 6.92 Å². The van der Waals surface area contributed by atoms with Crippen molar-refractivity contribution in [2.75, 3.05) is 26.8 Å². The zero-order chi connectivity index (χ0) is 21.3. The first-order chi connectivity index (χ1) is 14.6. The van der Waals surface area contributed by atoms with Crippen molar-refractivity contribution in [1.29, 1.82) is 0 Å². The summed E-state index contributed by atoms with van der Waals surface area (Å²) >= 11 is 6.87. The molecule has 3 rings (SSSR count). The van der Waals surface area contributed by atoms with Crippen molar-refractivity contribution in [3.63, 3.8) is 0 Å². The standard InChI is InChI=1S/C25H26ClNO3/c1-3-27-15-16-30-21-12-9-18(10-13-21)24(25(26)19-7-5-4-6-8-19)20-11-14-22(28)23(17-20)29-2/h4-14,17,27-28H,3,15-16H2,1-2H3/b25-24-. The van der Waals surface area contributed by atoms with E-state index in [0.29, 0.717) is 17.4 Å². The highest BCUT2D eigenvalue weighted by Gasteiger charge is 2.15. The summed E-state index contributed by atoms with van der Waals surface area (Å²) in [6.07, 6.45) is 0. The molecule has 0 aliphatic rings. The smallest absolute Gasteiger partial charge is 0.161 e. The van der Waals surface area contributed by atoms with E-state index in [1.807, 2.05) is 60.7 Å². The highest BCUT2D eigenvalue weighted by Crippen LogP contribution is 2.38. The summed E-state index contributed by atoms with van der Waals surface area (Å²) in [5.74, 6) is 1.28. The zero-order valence-electron chi connectivity index (χ0n) is 17.2. The van der Waals surface area contributed by atoms with E-state index in [-0.39, 0.29) is 5.75 Å². The third-order valence-corrected chi connectivity index (χ3v) is 5.06. The number of aromatic hydroxyl groups is 1. The second kappa shape index (κ2) is 10.7. The molecule has 4 nitrogen and oxygen atoms in total. The van der Waals surface area contributed by atoms with Crippen LogP contribution in [0.3, 0.4) is 0 Å². The molecule has 0 aromatic heterocycles. The number of hydrogen-bond acceptors (Lipinski definition) is 4. The number of benzene rings is 3. The van der Waals surface area contributed by atoms with E-state index in [4.69, 9.17) is 21.1 Å². The largest absolute Gasteiger partial charge is 0.504 e. The molecule has 156 valence electrons. The molecule has 0 aliphatic heterocycles. The Hall–Kier alpha value is -2.95. The molecule has 0 heterocycles. The van der Waals surface area contributed by atoms with Gasteiger partial charge in [-0.05, 0) is 47.5 Å². The third kappa shape index (κ3) is 5.35. The van der Waals surface area contributed by atoms with Crippen LogP contribution in [0, 0.1) is 0 Å². The lowest BCUT2D eigenvalue weighted by atomic mass is 9.95. The molecule has 0 bridgehead atoms. The molecule has 30 heavy (non-hydrogen) atoms. The third-order valence-electron chi connectivity index (χ3n) is 4.66. The normalized spacial score (nSPS) is 11.7. The van der Waals surface area contributed by atoms with E-state index in [1.165, 1.54) is 7.11 Å². The predicted octanol–water partition coefficient (Wildman–Crippen LogP) is 5.54. The molecule has 0 saturated heterocycles. The summed E-state index contributed by atoms with van der Waals surface area (Å²) < 4.78 is 11.1. The van der Waals surface area contributed by atoms with Crippen LogP contribution in [0.2, 0.25) is 0 Å². The van der Waals surface area contributed by atoms with Crippen LogP contribution in [-0.2, 0) is 0 Å². The number of likely N-dealkylation sites (N-methyl/N-ethyl adjacent to an activating group) is 1. The molecular formula is C25H26ClNO3. The summed E-state index contributed by atoms with van der Waals surface area (Å²) in [6.45, 7) is 4.40. The molecule has 0 unspecified atom stereocenters. The van der Waals surface area contributed by atoms with Gasteiger partial charge in [0.1, 0.15) is 12.4 Å². The van der Waals surface area contributed by atoms with Crippen LogP contribution >= 0.6 is 11.6 Å². The summed E-state index contributed by atoms with van der Waals surface area (Å²) in [5, 5.41) is 13.9. The minimum Gasteiger partial charge on any atom is -0.504 e. The van der Waals surface area contributed by atoms with Crippen molar-refractivity contribution in [2.24, 2.45) is 0 Å². The molecule has 0 saturated carbocycles. The van der Waals surface area contributed by atoms with Gasteiger partial charge in [0, 0.05) is 12.1 Å². The first-order valence-corrected chi connectivity index (χ1v) is 10.3. The maximum absolute atomic E-state index is 10.0. The fourth-order valence-electron chi connectivity index (χ4n) is 3.12. The Balaban J connectivity index is 2.00. The maximum Gasteiger partial charge on any atom is 0.161 e. The summed E-state index contributed by atoms with van der Waals surface area (Å²) in [7, 11) is 1.53. The number of halogens is 1. The van der Waals surface area contributed by atoms with Crippen LogP contribution in [0.1, 0.15) is 23.6 Å². The van der Waals surface area contributed by atoms with Gasteiger partial charge in [-0.2, -0.15) is 0 Å². The molecule has 5 heteroatoms. The van der Waals surface area contributed by atoms with E-state index < -0.39 is 0 Å². The second-order valence-corrected chi connectivity index (χ2v) is 7.05. The SMILES string of the molecule is CCNCCOc1ccc(/C(=C(/Cl)c2ccccc2)c2ccc(O)c(OC)c2)cc1. The van der Waals surface area contributed by atoms with Gasteiger partial charge in [0.15, 0.2) is 11.5 Å². The van der Waals surface area contributed by atoms with Gasteiger partial charge in [0.2, 0.25) is 0 Å². The minimum atomic E-state index is 0.0841. The van der Waals surface area contributed by atoms with Gasteiger partial charge in [0.05, 0.1) is 12.1 Å². The van der Waals surface area contributed by atoms with Crippen molar-refractivity contribution in [3.05, 3.63) is 89.5 Å². The molecule has 2 N–H and O–H groups in total. The second-order valence-electron chi connectivity index (χ2n) is 6.67. The number of nitrogens with one attached hydrogen (secondary N) is 1. The number of phenolic OH excluding ortho intramolecular Hbond substituents is 1. The number of ether oxygens (including phenoxy) is 2. The lowest BCUT2D eigenvalue weighted by Gasteiger charge is -2.15. The van der Waals surface area contributed by atoms with Crippen LogP contribution in [0.4, 0.5) is 0 Å². The van der Waals surface area contributed by atoms with Crippen LogP contribution in [-0.4, -0.2) is 31.9 Å². The van der Waals surface area contributed by atoms with Crippen LogP contribution in [0.15, 0.2) is 72.8 Å². The van der Waals surface area contributed by atoms with Gasteiger partial charge >= 0.3 is 0 Å². The molecule has 3 aromatic rings. The Kier molecular flexibility index (Phi) is 7.77. The van der Waals surface area contributed by atoms with Gasteiger partial charge in [0.25, 0.3) is 0 Å². The van der Waals surface area contributed by atoms with Gasteiger partial charge in [-0.3, -0.25) is 0 Å².